The number of nitrogens with two attached hydrogens (primary N) is 1. The van der Waals surface area contributed by atoms with E-state index < -0.39 is 0 Å². The smallest absolute Gasteiger partial charge is 0.255 e. The Labute approximate surface area is 280 Å². The van der Waals surface area contributed by atoms with Crippen molar-refractivity contribution >= 4 is 34.8 Å². The van der Waals surface area contributed by atoms with Crippen LogP contribution in [-0.2, 0) is 17.8 Å². The third-order valence-corrected chi connectivity index (χ3v) is 8.49. The Hall–Kier alpha value is -5.26. The SMILES string of the molecule is C[C@H](CO)N1C[C@H](C)[C@H](CN(C)Cc2ccc(C(=O)Nc3ccccc3N)cc2)Oc2ccc(NC(=O)c3ccncc3)cc2CC1=O. The second kappa shape index (κ2) is 15.6. The lowest BCUT2D eigenvalue weighted by Gasteiger charge is -2.34. The molecule has 0 radical (unpaired) electrons. The lowest BCUT2D eigenvalue weighted by Crippen LogP contribution is -2.47. The average molecular weight is 651 g/mol. The van der Waals surface area contributed by atoms with Gasteiger partial charge in [-0.15, -0.1) is 0 Å². The number of amides is 3. The minimum Gasteiger partial charge on any atom is -0.488 e. The van der Waals surface area contributed by atoms with E-state index in [0.29, 0.717) is 59.1 Å². The van der Waals surface area contributed by atoms with Crippen LogP contribution in [0.25, 0.3) is 0 Å². The maximum atomic E-state index is 13.6. The Balaban J connectivity index is 1.31. The van der Waals surface area contributed by atoms with Crippen LogP contribution >= 0.6 is 0 Å². The summed E-state index contributed by atoms with van der Waals surface area (Å²) in [7, 11) is 2.00. The first-order valence-electron chi connectivity index (χ1n) is 16.0. The van der Waals surface area contributed by atoms with Crippen LogP contribution in [0.2, 0.25) is 0 Å². The van der Waals surface area contributed by atoms with E-state index in [4.69, 9.17) is 10.5 Å². The summed E-state index contributed by atoms with van der Waals surface area (Å²) in [5, 5.41) is 15.7. The molecule has 0 spiro atoms. The number of para-hydroxylation sites is 2. The van der Waals surface area contributed by atoms with Crippen LogP contribution in [0.3, 0.4) is 0 Å². The van der Waals surface area contributed by atoms with Crippen LogP contribution in [0.15, 0.2) is 91.3 Å². The number of anilines is 3. The number of pyridine rings is 1. The number of ether oxygens (including phenoxy) is 1. The number of nitrogens with one attached hydrogen (secondary N) is 2. The summed E-state index contributed by atoms with van der Waals surface area (Å²) < 4.78 is 6.64. The third kappa shape index (κ3) is 8.55. The standard InChI is InChI=1S/C37H42N6O5/c1-24-20-43(25(2)23-44)35(45)19-29-18-30(40-36(46)28-14-16-39-17-15-28)12-13-33(29)48-34(24)22-42(3)21-26-8-10-27(11-9-26)37(47)41-32-7-5-4-6-31(32)38/h4-18,24-25,34,44H,19-23,38H2,1-3H3,(H,40,46)(H,41,47)/t24-,25+,34-/m0/s1. The summed E-state index contributed by atoms with van der Waals surface area (Å²) in [4.78, 5) is 47.0. The van der Waals surface area contributed by atoms with Crippen molar-refractivity contribution in [1.82, 2.24) is 14.8 Å². The second-order valence-corrected chi connectivity index (χ2v) is 12.3. The Morgan fingerprint density at radius 2 is 1.71 bits per heavy atom. The quantitative estimate of drug-likeness (QED) is 0.184. The summed E-state index contributed by atoms with van der Waals surface area (Å²) in [5.41, 5.74) is 10.2. The molecule has 3 amide bonds. The number of aromatic nitrogens is 1. The molecule has 48 heavy (non-hydrogen) atoms. The van der Waals surface area contributed by atoms with Gasteiger partial charge >= 0.3 is 0 Å². The molecular formula is C37H42N6O5. The number of carbonyl (C=O) groups is 3. The molecule has 0 saturated carbocycles. The molecule has 5 N–H and O–H groups in total. The topological polar surface area (TPSA) is 150 Å². The monoisotopic (exact) mass is 650 g/mol. The zero-order chi connectivity index (χ0) is 34.2. The van der Waals surface area contributed by atoms with E-state index in [1.807, 2.05) is 45.2 Å². The Bertz CT molecular complexity index is 1730. The summed E-state index contributed by atoms with van der Waals surface area (Å²) in [5.74, 6) is -0.150. The fraction of sp³-hybridized carbons (Fsp3) is 0.297. The van der Waals surface area contributed by atoms with Crippen LogP contribution in [-0.4, -0.2) is 76.5 Å². The fourth-order valence-electron chi connectivity index (χ4n) is 5.68. The molecule has 1 aliphatic heterocycles. The normalized spacial score (nSPS) is 16.9. The van der Waals surface area contributed by atoms with Gasteiger partial charge in [0.05, 0.1) is 30.4 Å². The maximum absolute atomic E-state index is 13.6. The molecule has 11 nitrogen and oxygen atoms in total. The Kier molecular flexibility index (Phi) is 11.0. The molecule has 3 aromatic carbocycles. The summed E-state index contributed by atoms with van der Waals surface area (Å²) >= 11 is 0. The molecule has 0 unspecified atom stereocenters. The van der Waals surface area contributed by atoms with Gasteiger partial charge in [0.1, 0.15) is 11.9 Å². The first-order chi connectivity index (χ1) is 23.1. The van der Waals surface area contributed by atoms with E-state index >= 15 is 0 Å². The predicted octanol–water partition coefficient (Wildman–Crippen LogP) is 4.45. The average Bonchev–Trinajstić information content (AvgIpc) is 3.13. The first-order valence-corrected chi connectivity index (χ1v) is 16.0. The number of nitrogen functional groups attached to an aromatic ring is 1. The molecule has 0 fully saturated rings. The summed E-state index contributed by atoms with van der Waals surface area (Å²) in [6, 6.07) is 22.8. The molecule has 0 saturated heterocycles. The number of nitrogens with zero attached hydrogens (tertiary/aromatic N) is 3. The van der Waals surface area contributed by atoms with Gasteiger partial charge in [-0.1, -0.05) is 31.2 Å². The van der Waals surface area contributed by atoms with Crippen molar-refractivity contribution in [3.8, 4) is 5.75 Å². The van der Waals surface area contributed by atoms with Gasteiger partial charge in [0.25, 0.3) is 11.8 Å². The molecule has 4 aromatic rings. The van der Waals surface area contributed by atoms with E-state index in [2.05, 4.69) is 20.5 Å². The van der Waals surface area contributed by atoms with Crippen LogP contribution in [0, 0.1) is 5.92 Å². The number of rotatable bonds is 10. The molecular weight excluding hydrogens is 608 g/mol. The van der Waals surface area contributed by atoms with Gasteiger partial charge < -0.3 is 31.1 Å². The van der Waals surface area contributed by atoms with Crippen molar-refractivity contribution in [3.63, 3.8) is 0 Å². The van der Waals surface area contributed by atoms with Gasteiger partial charge in [0, 0.05) is 60.3 Å². The Morgan fingerprint density at radius 1 is 1.02 bits per heavy atom. The third-order valence-electron chi connectivity index (χ3n) is 8.49. The van der Waals surface area contributed by atoms with Gasteiger partial charge in [-0.3, -0.25) is 24.3 Å². The van der Waals surface area contributed by atoms with Gasteiger partial charge in [-0.2, -0.15) is 0 Å². The lowest BCUT2D eigenvalue weighted by atomic mass is 10.0. The first kappa shape index (κ1) is 34.1. The van der Waals surface area contributed by atoms with Crippen molar-refractivity contribution in [1.29, 1.82) is 0 Å². The predicted molar refractivity (Wildman–Crippen MR) is 186 cm³/mol. The molecule has 250 valence electrons. The van der Waals surface area contributed by atoms with Crippen molar-refractivity contribution in [2.75, 3.05) is 43.1 Å². The van der Waals surface area contributed by atoms with Gasteiger partial charge in [0.2, 0.25) is 5.91 Å². The number of fused-ring (bicyclic) bond motifs is 1. The molecule has 1 aromatic heterocycles. The summed E-state index contributed by atoms with van der Waals surface area (Å²) in [6.45, 7) is 5.27. The molecule has 2 heterocycles. The zero-order valence-electron chi connectivity index (χ0n) is 27.4. The van der Waals surface area contributed by atoms with Crippen molar-refractivity contribution in [2.45, 2.75) is 39.0 Å². The fourth-order valence-corrected chi connectivity index (χ4v) is 5.68. The van der Waals surface area contributed by atoms with E-state index in [1.165, 1.54) is 0 Å². The molecule has 11 heteroatoms. The maximum Gasteiger partial charge on any atom is 0.255 e. The number of aliphatic hydroxyl groups is 1. The van der Waals surface area contributed by atoms with Gasteiger partial charge in [0.15, 0.2) is 0 Å². The van der Waals surface area contributed by atoms with Crippen LogP contribution in [0.4, 0.5) is 17.1 Å². The number of benzene rings is 3. The zero-order valence-corrected chi connectivity index (χ0v) is 27.4. The van der Waals surface area contributed by atoms with Crippen LogP contribution < -0.4 is 21.1 Å². The molecule has 1 aliphatic rings. The molecule has 5 rings (SSSR count). The van der Waals surface area contributed by atoms with Crippen molar-refractivity contribution < 1.29 is 24.2 Å². The molecule has 0 bridgehead atoms. The highest BCUT2D eigenvalue weighted by Crippen LogP contribution is 2.30. The van der Waals surface area contributed by atoms with E-state index in [1.54, 1.807) is 71.9 Å². The number of likely N-dealkylation sites (N-methyl/N-ethyl adjacent to an activating group) is 1. The largest absolute Gasteiger partial charge is 0.488 e. The van der Waals surface area contributed by atoms with Crippen molar-refractivity contribution in [2.24, 2.45) is 5.92 Å². The highest BCUT2D eigenvalue weighted by atomic mass is 16.5. The minimum atomic E-state index is -0.372. The molecule has 0 aliphatic carbocycles. The highest BCUT2D eigenvalue weighted by molar-refractivity contribution is 6.06. The van der Waals surface area contributed by atoms with Gasteiger partial charge in [-0.05, 0) is 74.1 Å². The Morgan fingerprint density at radius 3 is 2.42 bits per heavy atom. The second-order valence-electron chi connectivity index (χ2n) is 12.3. The lowest BCUT2D eigenvalue weighted by molar-refractivity contribution is -0.134. The van der Waals surface area contributed by atoms with Crippen molar-refractivity contribution in [3.05, 3.63) is 114 Å². The number of carbonyl (C=O) groups excluding carboxylic acids is 3. The number of aliphatic hydroxyl groups excluding tert-OH is 1. The number of hydrogen-bond donors (Lipinski definition) is 4. The van der Waals surface area contributed by atoms with Crippen LogP contribution in [0.1, 0.15) is 45.7 Å². The highest BCUT2D eigenvalue weighted by Gasteiger charge is 2.31. The number of hydrogen-bond acceptors (Lipinski definition) is 8. The van der Waals surface area contributed by atoms with E-state index in [9.17, 15) is 19.5 Å². The summed E-state index contributed by atoms with van der Waals surface area (Å²) in [6.07, 6.45) is 2.87. The van der Waals surface area contributed by atoms with Crippen LogP contribution in [0.5, 0.6) is 5.75 Å². The molecule has 3 atom stereocenters. The van der Waals surface area contributed by atoms with Gasteiger partial charge in [-0.25, -0.2) is 0 Å². The van der Waals surface area contributed by atoms with E-state index in [-0.39, 0.29) is 48.8 Å². The van der Waals surface area contributed by atoms with E-state index in [0.717, 1.165) is 5.56 Å². The minimum absolute atomic E-state index is 0.0602.